The SMILES string of the molecule is CC#Cc1ccc(NC(=O)CCCBr)cc1. The minimum Gasteiger partial charge on any atom is -0.326 e. The largest absolute Gasteiger partial charge is 0.326 e. The minimum absolute atomic E-state index is 0.0498. The predicted octanol–water partition coefficient (Wildman–Crippen LogP) is 3.17. The summed E-state index contributed by atoms with van der Waals surface area (Å²) in [4.78, 5) is 11.4. The van der Waals surface area contributed by atoms with Gasteiger partial charge in [-0.1, -0.05) is 21.9 Å². The Labute approximate surface area is 105 Å². The first-order valence-electron chi connectivity index (χ1n) is 5.15. The van der Waals surface area contributed by atoms with E-state index in [1.165, 1.54) is 0 Å². The van der Waals surface area contributed by atoms with Gasteiger partial charge in [0.05, 0.1) is 0 Å². The van der Waals surface area contributed by atoms with Gasteiger partial charge in [-0.15, -0.1) is 5.92 Å². The molecular formula is C13H14BrNO. The molecule has 1 aromatic carbocycles. The summed E-state index contributed by atoms with van der Waals surface area (Å²) >= 11 is 3.29. The minimum atomic E-state index is 0.0498. The van der Waals surface area contributed by atoms with Crippen LogP contribution in [0.3, 0.4) is 0 Å². The van der Waals surface area contributed by atoms with Gasteiger partial charge in [0, 0.05) is 23.0 Å². The van der Waals surface area contributed by atoms with Crippen LogP contribution in [0.4, 0.5) is 5.69 Å². The summed E-state index contributed by atoms with van der Waals surface area (Å²) in [5, 5.41) is 3.69. The van der Waals surface area contributed by atoms with Crippen LogP contribution in [0.25, 0.3) is 0 Å². The fourth-order valence-electron chi connectivity index (χ4n) is 1.23. The molecule has 0 radical (unpaired) electrons. The molecule has 0 atom stereocenters. The lowest BCUT2D eigenvalue weighted by Crippen LogP contribution is -2.11. The van der Waals surface area contributed by atoms with Crippen LogP contribution < -0.4 is 5.32 Å². The molecule has 1 N–H and O–H groups in total. The number of hydrogen-bond acceptors (Lipinski definition) is 1. The molecule has 1 rings (SSSR count). The van der Waals surface area contributed by atoms with Crippen LogP contribution in [-0.4, -0.2) is 11.2 Å². The Kier molecular flexibility index (Phi) is 5.66. The Hall–Kier alpha value is -1.27. The molecule has 0 aliphatic carbocycles. The Balaban J connectivity index is 2.53. The van der Waals surface area contributed by atoms with E-state index in [4.69, 9.17) is 0 Å². The van der Waals surface area contributed by atoms with Crippen molar-refractivity contribution < 1.29 is 4.79 Å². The molecule has 84 valence electrons. The number of carbonyl (C=O) groups is 1. The molecule has 0 aromatic heterocycles. The lowest BCUT2D eigenvalue weighted by molar-refractivity contribution is -0.116. The Morgan fingerprint density at radius 1 is 1.38 bits per heavy atom. The number of hydrogen-bond donors (Lipinski definition) is 1. The number of halogens is 1. The second-order valence-corrected chi connectivity index (χ2v) is 4.09. The molecule has 0 fully saturated rings. The molecule has 0 heterocycles. The van der Waals surface area contributed by atoms with E-state index in [9.17, 15) is 4.79 Å². The molecule has 1 amide bonds. The molecule has 0 unspecified atom stereocenters. The standard InChI is InChI=1S/C13H14BrNO/c1-2-4-11-6-8-12(9-7-11)15-13(16)5-3-10-14/h6-9H,3,5,10H2,1H3,(H,15,16). The van der Waals surface area contributed by atoms with Gasteiger partial charge in [0.1, 0.15) is 0 Å². The zero-order valence-electron chi connectivity index (χ0n) is 9.22. The third kappa shape index (κ3) is 4.50. The first-order chi connectivity index (χ1) is 7.76. The van der Waals surface area contributed by atoms with Gasteiger partial charge in [-0.05, 0) is 37.6 Å². The molecule has 0 aliphatic rings. The number of nitrogens with one attached hydrogen (secondary N) is 1. The molecular weight excluding hydrogens is 266 g/mol. The van der Waals surface area contributed by atoms with Crippen LogP contribution in [0.5, 0.6) is 0 Å². The monoisotopic (exact) mass is 279 g/mol. The summed E-state index contributed by atoms with van der Waals surface area (Å²) in [7, 11) is 0. The second-order valence-electron chi connectivity index (χ2n) is 3.29. The van der Waals surface area contributed by atoms with Gasteiger partial charge in [0.2, 0.25) is 5.91 Å². The van der Waals surface area contributed by atoms with Crippen molar-refractivity contribution in [2.24, 2.45) is 0 Å². The lowest BCUT2D eigenvalue weighted by atomic mass is 10.2. The third-order valence-electron chi connectivity index (χ3n) is 1.98. The predicted molar refractivity (Wildman–Crippen MR) is 70.7 cm³/mol. The van der Waals surface area contributed by atoms with Crippen molar-refractivity contribution in [1.82, 2.24) is 0 Å². The van der Waals surface area contributed by atoms with Gasteiger partial charge >= 0.3 is 0 Å². The summed E-state index contributed by atoms with van der Waals surface area (Å²) < 4.78 is 0. The second kappa shape index (κ2) is 7.08. The third-order valence-corrected chi connectivity index (χ3v) is 2.54. The molecule has 16 heavy (non-hydrogen) atoms. The van der Waals surface area contributed by atoms with Crippen molar-refractivity contribution in [3.05, 3.63) is 29.8 Å². The van der Waals surface area contributed by atoms with Gasteiger partial charge in [0.25, 0.3) is 0 Å². The zero-order chi connectivity index (χ0) is 11.8. The lowest BCUT2D eigenvalue weighted by Gasteiger charge is -2.04. The van der Waals surface area contributed by atoms with Crippen molar-refractivity contribution in [3.63, 3.8) is 0 Å². The van der Waals surface area contributed by atoms with E-state index < -0.39 is 0 Å². The fraction of sp³-hybridized carbons (Fsp3) is 0.308. The Morgan fingerprint density at radius 2 is 2.06 bits per heavy atom. The maximum absolute atomic E-state index is 11.4. The smallest absolute Gasteiger partial charge is 0.224 e. The number of rotatable bonds is 4. The van der Waals surface area contributed by atoms with E-state index in [1.54, 1.807) is 6.92 Å². The normalized spacial score (nSPS) is 9.12. The molecule has 0 saturated heterocycles. The number of benzene rings is 1. The highest BCUT2D eigenvalue weighted by Gasteiger charge is 2.00. The van der Waals surface area contributed by atoms with E-state index in [0.717, 1.165) is 23.0 Å². The molecule has 1 aromatic rings. The zero-order valence-corrected chi connectivity index (χ0v) is 10.8. The van der Waals surface area contributed by atoms with E-state index >= 15 is 0 Å². The topological polar surface area (TPSA) is 29.1 Å². The van der Waals surface area contributed by atoms with E-state index in [-0.39, 0.29) is 5.91 Å². The van der Waals surface area contributed by atoms with E-state index in [0.29, 0.717) is 6.42 Å². The summed E-state index contributed by atoms with van der Waals surface area (Å²) in [6.45, 7) is 1.80. The van der Waals surface area contributed by atoms with Crippen molar-refractivity contribution in [2.45, 2.75) is 19.8 Å². The molecule has 0 spiro atoms. The number of anilines is 1. The maximum Gasteiger partial charge on any atom is 0.224 e. The highest BCUT2D eigenvalue weighted by atomic mass is 79.9. The van der Waals surface area contributed by atoms with E-state index in [2.05, 4.69) is 33.1 Å². The highest BCUT2D eigenvalue weighted by molar-refractivity contribution is 9.09. The number of amides is 1. The molecule has 0 saturated carbocycles. The summed E-state index contributed by atoms with van der Waals surface area (Å²) in [5.74, 6) is 5.83. The first-order valence-corrected chi connectivity index (χ1v) is 6.27. The van der Waals surface area contributed by atoms with Crippen molar-refractivity contribution in [2.75, 3.05) is 10.6 Å². The van der Waals surface area contributed by atoms with E-state index in [1.807, 2.05) is 24.3 Å². The van der Waals surface area contributed by atoms with Crippen LogP contribution >= 0.6 is 15.9 Å². The van der Waals surface area contributed by atoms with Crippen LogP contribution in [0.1, 0.15) is 25.3 Å². The van der Waals surface area contributed by atoms with Crippen LogP contribution in [0, 0.1) is 11.8 Å². The molecule has 3 heteroatoms. The Bertz CT molecular complexity index is 400. The van der Waals surface area contributed by atoms with Crippen molar-refractivity contribution in [1.29, 1.82) is 0 Å². The quantitative estimate of drug-likeness (QED) is 0.666. The first kappa shape index (κ1) is 12.8. The van der Waals surface area contributed by atoms with Crippen molar-refractivity contribution >= 4 is 27.5 Å². The van der Waals surface area contributed by atoms with Crippen LogP contribution in [0.15, 0.2) is 24.3 Å². The van der Waals surface area contributed by atoms with Gasteiger partial charge in [-0.2, -0.15) is 0 Å². The van der Waals surface area contributed by atoms with Crippen molar-refractivity contribution in [3.8, 4) is 11.8 Å². The fourth-order valence-corrected chi connectivity index (χ4v) is 1.51. The average Bonchev–Trinajstić information content (AvgIpc) is 2.29. The van der Waals surface area contributed by atoms with Gasteiger partial charge in [-0.25, -0.2) is 0 Å². The molecule has 0 aliphatic heterocycles. The number of alkyl halides is 1. The summed E-state index contributed by atoms with van der Waals surface area (Å²) in [6, 6.07) is 7.53. The van der Waals surface area contributed by atoms with Gasteiger partial charge in [0.15, 0.2) is 0 Å². The average molecular weight is 280 g/mol. The summed E-state index contributed by atoms with van der Waals surface area (Å²) in [5.41, 5.74) is 1.78. The highest BCUT2D eigenvalue weighted by Crippen LogP contribution is 2.09. The van der Waals surface area contributed by atoms with Gasteiger partial charge < -0.3 is 5.32 Å². The van der Waals surface area contributed by atoms with Crippen LogP contribution in [0.2, 0.25) is 0 Å². The maximum atomic E-state index is 11.4. The Morgan fingerprint density at radius 3 is 2.62 bits per heavy atom. The van der Waals surface area contributed by atoms with Gasteiger partial charge in [-0.3, -0.25) is 4.79 Å². The molecule has 2 nitrogen and oxygen atoms in total. The number of carbonyl (C=O) groups excluding carboxylic acids is 1. The van der Waals surface area contributed by atoms with Crippen LogP contribution in [-0.2, 0) is 4.79 Å². The molecule has 0 bridgehead atoms. The summed E-state index contributed by atoms with van der Waals surface area (Å²) in [6.07, 6.45) is 1.40.